The Kier molecular flexibility index (Phi) is 2.94. The topological polar surface area (TPSA) is 42.2 Å². The molecular weight excluding hydrogens is 240 g/mol. The highest BCUT2D eigenvalue weighted by Gasteiger charge is 2.25. The molecule has 1 aliphatic rings. The fourth-order valence-electron chi connectivity index (χ4n) is 1.13. The first-order chi connectivity index (χ1) is 6.70. The Morgan fingerprint density at radius 1 is 1.71 bits per heavy atom. The second kappa shape index (κ2) is 4.04. The lowest BCUT2D eigenvalue weighted by Crippen LogP contribution is -2.08. The van der Waals surface area contributed by atoms with E-state index in [4.69, 9.17) is 11.6 Å². The molecule has 0 amide bonds. The fourth-order valence-corrected chi connectivity index (χ4v) is 3.00. The Balaban J connectivity index is 2.15. The third-order valence-corrected chi connectivity index (χ3v) is 4.10. The minimum absolute atomic E-state index is 0.0474. The molecule has 1 aliphatic heterocycles. The molecule has 0 radical (unpaired) electrons. The number of thioether (sulfide) groups is 2. The Labute approximate surface area is 95.5 Å². The zero-order valence-electron chi connectivity index (χ0n) is 7.69. The van der Waals surface area contributed by atoms with Crippen molar-refractivity contribution in [1.29, 1.82) is 0 Å². The molecule has 0 fully saturated rings. The van der Waals surface area contributed by atoms with Crippen molar-refractivity contribution in [3.63, 3.8) is 0 Å². The first-order valence-corrected chi connectivity index (χ1v) is 6.42. The zero-order valence-corrected chi connectivity index (χ0v) is 10.1. The summed E-state index contributed by atoms with van der Waals surface area (Å²) in [5.41, 5.74) is 3.84. The highest BCUT2D eigenvalue weighted by Crippen LogP contribution is 2.36. The maximum atomic E-state index is 6.02. The number of hydrazone groups is 1. The van der Waals surface area contributed by atoms with Crippen LogP contribution in [-0.2, 0) is 7.05 Å². The van der Waals surface area contributed by atoms with E-state index in [-0.39, 0.29) is 5.37 Å². The minimum Gasteiger partial charge on any atom is -0.289 e. The van der Waals surface area contributed by atoms with Crippen molar-refractivity contribution < 1.29 is 0 Å². The standard InChI is InChI=1S/C7H9ClN4S2/c1-12-3-4(8)5(11-12)6-9-10-7(13-2)14-6/h3,6,9H,1-2H3. The molecule has 2 heterocycles. The largest absolute Gasteiger partial charge is 0.289 e. The molecule has 0 spiro atoms. The summed E-state index contributed by atoms with van der Waals surface area (Å²) in [6.07, 6.45) is 3.78. The van der Waals surface area contributed by atoms with Crippen LogP contribution in [-0.4, -0.2) is 20.4 Å². The van der Waals surface area contributed by atoms with Crippen LogP contribution in [0.1, 0.15) is 11.1 Å². The van der Waals surface area contributed by atoms with Gasteiger partial charge in [-0.2, -0.15) is 10.2 Å². The van der Waals surface area contributed by atoms with E-state index >= 15 is 0 Å². The van der Waals surface area contributed by atoms with Gasteiger partial charge in [-0.15, -0.1) is 11.8 Å². The Hall–Kier alpha value is -0.330. The summed E-state index contributed by atoms with van der Waals surface area (Å²) in [6.45, 7) is 0. The monoisotopic (exact) mass is 248 g/mol. The van der Waals surface area contributed by atoms with E-state index in [1.165, 1.54) is 0 Å². The average molecular weight is 249 g/mol. The molecule has 0 saturated carbocycles. The van der Waals surface area contributed by atoms with Crippen LogP contribution in [0.3, 0.4) is 0 Å². The summed E-state index contributed by atoms with van der Waals surface area (Å²) in [7, 11) is 1.85. The summed E-state index contributed by atoms with van der Waals surface area (Å²) in [5, 5.41) is 9.15. The predicted octanol–water partition coefficient (Wildman–Crippen LogP) is 2.04. The van der Waals surface area contributed by atoms with Crippen molar-refractivity contribution >= 4 is 39.5 Å². The van der Waals surface area contributed by atoms with E-state index in [2.05, 4.69) is 15.6 Å². The Morgan fingerprint density at radius 2 is 2.50 bits per heavy atom. The van der Waals surface area contributed by atoms with Crippen molar-refractivity contribution in [1.82, 2.24) is 15.2 Å². The van der Waals surface area contributed by atoms with Gasteiger partial charge in [0.2, 0.25) is 0 Å². The minimum atomic E-state index is 0.0474. The highest BCUT2D eigenvalue weighted by molar-refractivity contribution is 8.38. The average Bonchev–Trinajstić information content (AvgIpc) is 2.71. The van der Waals surface area contributed by atoms with Gasteiger partial charge in [-0.1, -0.05) is 23.4 Å². The number of aromatic nitrogens is 2. The normalized spacial score (nSPS) is 20.8. The van der Waals surface area contributed by atoms with Gasteiger partial charge >= 0.3 is 0 Å². The third-order valence-electron chi connectivity index (χ3n) is 1.73. The van der Waals surface area contributed by atoms with Crippen molar-refractivity contribution in [2.24, 2.45) is 12.1 Å². The highest BCUT2D eigenvalue weighted by atomic mass is 35.5. The number of nitrogens with zero attached hydrogens (tertiary/aromatic N) is 3. The van der Waals surface area contributed by atoms with E-state index in [1.54, 1.807) is 34.4 Å². The van der Waals surface area contributed by atoms with Crippen LogP contribution in [0.4, 0.5) is 0 Å². The Bertz CT molecular complexity index is 376. The maximum absolute atomic E-state index is 6.02. The molecule has 1 N–H and O–H groups in total. The SMILES string of the molecule is CSC1=NNC(c2nn(C)cc2Cl)S1. The first-order valence-electron chi connectivity index (χ1n) is 3.93. The van der Waals surface area contributed by atoms with Gasteiger partial charge in [0.25, 0.3) is 0 Å². The maximum Gasteiger partial charge on any atom is 0.152 e. The molecule has 2 rings (SSSR count). The van der Waals surface area contributed by atoms with Crippen LogP contribution < -0.4 is 5.43 Å². The van der Waals surface area contributed by atoms with E-state index in [0.29, 0.717) is 5.02 Å². The van der Waals surface area contributed by atoms with E-state index < -0.39 is 0 Å². The lowest BCUT2D eigenvalue weighted by atomic mass is 10.4. The number of halogens is 1. The molecule has 0 saturated heterocycles. The summed E-state index contributed by atoms with van der Waals surface area (Å²) in [6, 6.07) is 0. The quantitative estimate of drug-likeness (QED) is 0.826. The molecule has 1 unspecified atom stereocenters. The molecule has 76 valence electrons. The number of nitrogens with one attached hydrogen (secondary N) is 1. The molecule has 1 aromatic heterocycles. The lowest BCUT2D eigenvalue weighted by molar-refractivity contribution is 0.683. The van der Waals surface area contributed by atoms with Crippen LogP contribution in [0.25, 0.3) is 0 Å². The van der Waals surface area contributed by atoms with Gasteiger partial charge in [-0.05, 0) is 6.26 Å². The van der Waals surface area contributed by atoms with Crippen molar-refractivity contribution in [2.75, 3.05) is 6.26 Å². The molecule has 0 aliphatic carbocycles. The number of aryl methyl sites for hydroxylation is 1. The summed E-state index contributed by atoms with van der Waals surface area (Å²) >= 11 is 9.27. The van der Waals surface area contributed by atoms with E-state index in [1.807, 2.05) is 13.3 Å². The Morgan fingerprint density at radius 3 is 3.00 bits per heavy atom. The van der Waals surface area contributed by atoms with Gasteiger partial charge in [-0.25, -0.2) is 0 Å². The van der Waals surface area contributed by atoms with Gasteiger partial charge in [0.05, 0.1) is 5.02 Å². The molecule has 0 bridgehead atoms. The van der Waals surface area contributed by atoms with Crippen LogP contribution in [0.2, 0.25) is 5.02 Å². The summed E-state index contributed by atoms with van der Waals surface area (Å²) in [4.78, 5) is 0. The molecule has 7 heteroatoms. The molecular formula is C7H9ClN4S2. The zero-order chi connectivity index (χ0) is 10.1. The molecule has 4 nitrogen and oxygen atoms in total. The van der Waals surface area contributed by atoms with Crippen molar-refractivity contribution in [3.8, 4) is 0 Å². The van der Waals surface area contributed by atoms with Crippen LogP contribution in [0.5, 0.6) is 0 Å². The summed E-state index contributed by atoms with van der Waals surface area (Å²) in [5.74, 6) is 0. The molecule has 0 aromatic carbocycles. The van der Waals surface area contributed by atoms with Gasteiger partial charge in [0.15, 0.2) is 4.38 Å². The van der Waals surface area contributed by atoms with Crippen molar-refractivity contribution in [2.45, 2.75) is 5.37 Å². The second-order valence-corrected chi connectivity index (χ2v) is 5.30. The fraction of sp³-hybridized carbons (Fsp3) is 0.429. The molecule has 1 aromatic rings. The van der Waals surface area contributed by atoms with Crippen LogP contribution >= 0.6 is 35.1 Å². The van der Waals surface area contributed by atoms with Gasteiger partial charge < -0.3 is 0 Å². The first kappa shape index (κ1) is 10.2. The summed E-state index contributed by atoms with van der Waals surface area (Å²) < 4.78 is 2.72. The van der Waals surface area contributed by atoms with Gasteiger partial charge in [0.1, 0.15) is 11.1 Å². The van der Waals surface area contributed by atoms with Gasteiger partial charge in [-0.3, -0.25) is 10.1 Å². The smallest absolute Gasteiger partial charge is 0.152 e. The third kappa shape index (κ3) is 1.87. The van der Waals surface area contributed by atoms with Crippen molar-refractivity contribution in [3.05, 3.63) is 16.9 Å². The number of hydrogen-bond acceptors (Lipinski definition) is 5. The molecule has 14 heavy (non-hydrogen) atoms. The van der Waals surface area contributed by atoms with Crippen LogP contribution in [0.15, 0.2) is 11.3 Å². The predicted molar refractivity (Wildman–Crippen MR) is 62.6 cm³/mol. The lowest BCUT2D eigenvalue weighted by Gasteiger charge is -2.04. The van der Waals surface area contributed by atoms with Gasteiger partial charge in [0, 0.05) is 13.2 Å². The molecule has 1 atom stereocenters. The van der Waals surface area contributed by atoms with E-state index in [0.717, 1.165) is 10.1 Å². The second-order valence-electron chi connectivity index (χ2n) is 2.74. The van der Waals surface area contributed by atoms with Crippen LogP contribution in [0, 0.1) is 0 Å². The number of rotatable bonds is 1. The van der Waals surface area contributed by atoms with E-state index in [9.17, 15) is 0 Å². The number of hydrogen-bond donors (Lipinski definition) is 1.